The second kappa shape index (κ2) is 10.5. The van der Waals surface area contributed by atoms with Crippen molar-refractivity contribution in [3.05, 3.63) is 105 Å². The van der Waals surface area contributed by atoms with E-state index in [0.717, 1.165) is 36.8 Å². The smallest absolute Gasteiger partial charge is 0.126 e. The molecule has 0 spiro atoms. The van der Waals surface area contributed by atoms with Crippen molar-refractivity contribution in [1.29, 1.82) is 0 Å². The minimum Gasteiger partial charge on any atom is -0.309 e. The highest BCUT2D eigenvalue weighted by molar-refractivity contribution is 6.30. The van der Waals surface area contributed by atoms with Crippen LogP contribution in [0.25, 0.3) is 0 Å². The van der Waals surface area contributed by atoms with Crippen molar-refractivity contribution in [2.24, 2.45) is 11.8 Å². The molecule has 1 aliphatic rings. The summed E-state index contributed by atoms with van der Waals surface area (Å²) in [5.41, 5.74) is 2.94. The standard InChI is InChI=1S/C27H28Cl2F2N2/c1-17(2)14-32-26(20-11-24(30)13-25(31)12-20)21-15-33(16-21)27(18-3-7-22(28)8-4-18)19-5-9-23(29)10-6-19/h3-13,17,21,26-27,32H,14-16H2,1-2H3. The molecule has 33 heavy (non-hydrogen) atoms. The normalized spacial score (nSPS) is 15.8. The number of likely N-dealkylation sites (tertiary alicyclic amines) is 1. The summed E-state index contributed by atoms with van der Waals surface area (Å²) in [5.74, 6) is -0.430. The van der Waals surface area contributed by atoms with E-state index in [4.69, 9.17) is 23.2 Å². The van der Waals surface area contributed by atoms with Crippen LogP contribution in [0.1, 0.15) is 42.6 Å². The van der Waals surface area contributed by atoms with Gasteiger partial charge in [-0.15, -0.1) is 0 Å². The Morgan fingerprint density at radius 3 is 1.76 bits per heavy atom. The maximum absolute atomic E-state index is 14.0. The Kier molecular flexibility index (Phi) is 7.70. The van der Waals surface area contributed by atoms with Crippen molar-refractivity contribution >= 4 is 23.2 Å². The number of nitrogens with one attached hydrogen (secondary N) is 1. The molecule has 0 aliphatic carbocycles. The molecule has 3 aromatic rings. The van der Waals surface area contributed by atoms with Gasteiger partial charge in [0.1, 0.15) is 11.6 Å². The molecule has 0 aromatic heterocycles. The molecule has 0 bridgehead atoms. The van der Waals surface area contributed by atoms with E-state index in [1.54, 1.807) is 0 Å². The van der Waals surface area contributed by atoms with Crippen molar-refractivity contribution in [1.82, 2.24) is 10.2 Å². The molecule has 1 heterocycles. The maximum atomic E-state index is 14.0. The first-order chi connectivity index (χ1) is 15.8. The Hall–Kier alpha value is -1.98. The van der Waals surface area contributed by atoms with Crippen LogP contribution in [0.15, 0.2) is 66.7 Å². The summed E-state index contributed by atoms with van der Waals surface area (Å²) in [7, 11) is 0. The molecular formula is C27H28Cl2F2N2. The van der Waals surface area contributed by atoms with Crippen LogP contribution >= 0.6 is 23.2 Å². The average Bonchev–Trinajstić information content (AvgIpc) is 2.73. The SMILES string of the molecule is CC(C)CNC(c1cc(F)cc(F)c1)C1CN(C(c2ccc(Cl)cc2)c2ccc(Cl)cc2)C1. The van der Waals surface area contributed by atoms with E-state index in [1.807, 2.05) is 48.5 Å². The average molecular weight is 489 g/mol. The molecule has 1 aliphatic heterocycles. The number of benzene rings is 3. The Morgan fingerprint density at radius 2 is 1.30 bits per heavy atom. The minimum atomic E-state index is -0.544. The molecule has 6 heteroatoms. The number of hydrogen-bond donors (Lipinski definition) is 1. The van der Waals surface area contributed by atoms with Crippen LogP contribution in [-0.4, -0.2) is 24.5 Å². The second-order valence-electron chi connectivity index (χ2n) is 9.20. The zero-order valence-corrected chi connectivity index (χ0v) is 20.3. The lowest BCUT2D eigenvalue weighted by atomic mass is 9.83. The van der Waals surface area contributed by atoms with Crippen LogP contribution < -0.4 is 5.32 Å². The van der Waals surface area contributed by atoms with Gasteiger partial charge >= 0.3 is 0 Å². The Bertz CT molecular complexity index is 999. The van der Waals surface area contributed by atoms with Crippen molar-refractivity contribution in [3.63, 3.8) is 0 Å². The number of hydrogen-bond acceptors (Lipinski definition) is 2. The van der Waals surface area contributed by atoms with Gasteiger partial charge in [-0.1, -0.05) is 61.3 Å². The first kappa shape index (κ1) is 24.2. The number of rotatable bonds is 8. The van der Waals surface area contributed by atoms with Gasteiger partial charge in [-0.05, 0) is 65.6 Å². The fourth-order valence-electron chi connectivity index (χ4n) is 4.55. The van der Waals surface area contributed by atoms with Crippen LogP contribution in [0.3, 0.4) is 0 Å². The van der Waals surface area contributed by atoms with Gasteiger partial charge in [0.05, 0.1) is 6.04 Å². The summed E-state index contributed by atoms with van der Waals surface area (Å²) in [6, 6.07) is 19.5. The van der Waals surface area contributed by atoms with Crippen LogP contribution in [0.5, 0.6) is 0 Å². The van der Waals surface area contributed by atoms with E-state index in [0.29, 0.717) is 21.5 Å². The van der Waals surface area contributed by atoms with Gasteiger partial charge in [0.15, 0.2) is 0 Å². The van der Waals surface area contributed by atoms with Crippen molar-refractivity contribution in [3.8, 4) is 0 Å². The molecule has 1 atom stereocenters. The van der Waals surface area contributed by atoms with Gasteiger partial charge in [0.25, 0.3) is 0 Å². The van der Waals surface area contributed by atoms with E-state index in [1.165, 1.54) is 12.1 Å². The third-order valence-corrected chi connectivity index (χ3v) is 6.64. The minimum absolute atomic E-state index is 0.0470. The summed E-state index contributed by atoms with van der Waals surface area (Å²) in [5, 5.41) is 4.94. The summed E-state index contributed by atoms with van der Waals surface area (Å²) >= 11 is 12.3. The molecule has 174 valence electrons. The maximum Gasteiger partial charge on any atom is 0.126 e. The molecule has 0 amide bonds. The Balaban J connectivity index is 1.58. The number of halogens is 4. The lowest BCUT2D eigenvalue weighted by Gasteiger charge is -2.48. The summed E-state index contributed by atoms with van der Waals surface area (Å²) < 4.78 is 28.0. The first-order valence-electron chi connectivity index (χ1n) is 11.2. The summed E-state index contributed by atoms with van der Waals surface area (Å²) in [6.07, 6.45) is 0. The predicted octanol–water partition coefficient (Wildman–Crippen LogP) is 7.28. The van der Waals surface area contributed by atoms with Gasteiger partial charge in [-0.25, -0.2) is 8.78 Å². The zero-order chi connectivity index (χ0) is 23.5. The third kappa shape index (κ3) is 5.93. The molecule has 1 saturated heterocycles. The third-order valence-electron chi connectivity index (χ3n) is 6.14. The molecule has 0 radical (unpaired) electrons. The molecule has 0 saturated carbocycles. The first-order valence-corrected chi connectivity index (χ1v) is 12.0. The van der Waals surface area contributed by atoms with E-state index >= 15 is 0 Å². The molecular weight excluding hydrogens is 461 g/mol. The second-order valence-corrected chi connectivity index (χ2v) is 10.1. The quantitative estimate of drug-likeness (QED) is 0.358. The lowest BCUT2D eigenvalue weighted by Crippen LogP contribution is -2.53. The van der Waals surface area contributed by atoms with Crippen molar-refractivity contribution in [2.45, 2.75) is 25.9 Å². The van der Waals surface area contributed by atoms with Crippen LogP contribution in [0, 0.1) is 23.5 Å². The molecule has 1 unspecified atom stereocenters. The molecule has 1 fully saturated rings. The van der Waals surface area contributed by atoms with Gasteiger partial charge in [0, 0.05) is 41.2 Å². The highest BCUT2D eigenvalue weighted by Crippen LogP contribution is 2.39. The van der Waals surface area contributed by atoms with E-state index in [-0.39, 0.29) is 18.0 Å². The number of nitrogens with zero attached hydrogens (tertiary/aromatic N) is 1. The van der Waals surface area contributed by atoms with Crippen LogP contribution in [-0.2, 0) is 0 Å². The fourth-order valence-corrected chi connectivity index (χ4v) is 4.80. The molecule has 1 N–H and O–H groups in total. The summed E-state index contributed by atoms with van der Waals surface area (Å²) in [6.45, 7) is 6.62. The molecule has 4 rings (SSSR count). The molecule has 2 nitrogen and oxygen atoms in total. The molecule has 3 aromatic carbocycles. The Morgan fingerprint density at radius 1 is 0.818 bits per heavy atom. The van der Waals surface area contributed by atoms with E-state index < -0.39 is 11.6 Å². The van der Waals surface area contributed by atoms with Gasteiger partial charge in [-0.3, -0.25) is 4.90 Å². The fraction of sp³-hybridized carbons (Fsp3) is 0.333. The zero-order valence-electron chi connectivity index (χ0n) is 18.7. The van der Waals surface area contributed by atoms with E-state index in [9.17, 15) is 8.78 Å². The van der Waals surface area contributed by atoms with Gasteiger partial charge in [0.2, 0.25) is 0 Å². The van der Waals surface area contributed by atoms with Crippen molar-refractivity contribution < 1.29 is 8.78 Å². The Labute approximate surface area is 204 Å². The predicted molar refractivity (Wildman–Crippen MR) is 132 cm³/mol. The largest absolute Gasteiger partial charge is 0.309 e. The monoisotopic (exact) mass is 488 g/mol. The van der Waals surface area contributed by atoms with E-state index in [2.05, 4.69) is 24.1 Å². The van der Waals surface area contributed by atoms with Gasteiger partial charge in [-0.2, -0.15) is 0 Å². The highest BCUT2D eigenvalue weighted by atomic mass is 35.5. The summed E-state index contributed by atoms with van der Waals surface area (Å²) in [4.78, 5) is 2.39. The highest BCUT2D eigenvalue weighted by Gasteiger charge is 2.39. The van der Waals surface area contributed by atoms with Gasteiger partial charge < -0.3 is 5.32 Å². The van der Waals surface area contributed by atoms with Crippen LogP contribution in [0.2, 0.25) is 10.0 Å². The topological polar surface area (TPSA) is 15.3 Å². The van der Waals surface area contributed by atoms with Crippen LogP contribution in [0.4, 0.5) is 8.78 Å². The van der Waals surface area contributed by atoms with Crippen molar-refractivity contribution in [2.75, 3.05) is 19.6 Å². The lowest BCUT2D eigenvalue weighted by molar-refractivity contribution is 0.0429.